The summed E-state index contributed by atoms with van der Waals surface area (Å²) in [7, 11) is -3.13. The highest BCUT2D eigenvalue weighted by atomic mass is 32.2. The quantitative estimate of drug-likeness (QED) is 0.725. The Hall–Kier alpha value is -0.660. The van der Waals surface area contributed by atoms with Crippen molar-refractivity contribution in [2.45, 2.75) is 59.4 Å². The van der Waals surface area contributed by atoms with E-state index in [4.69, 9.17) is 0 Å². The molecule has 0 spiro atoms. The number of amides is 1. The first-order valence-corrected chi connectivity index (χ1v) is 11.8. The summed E-state index contributed by atoms with van der Waals surface area (Å²) in [4.78, 5) is 15.1. The number of sulfonamides is 1. The molecule has 2 fully saturated rings. The Balaban J connectivity index is 1.81. The molecule has 0 aromatic rings. The average molecular weight is 388 g/mol. The Morgan fingerprint density at radius 3 is 2.15 bits per heavy atom. The van der Waals surface area contributed by atoms with Crippen molar-refractivity contribution in [1.29, 1.82) is 0 Å². The molecule has 0 saturated carbocycles. The van der Waals surface area contributed by atoms with E-state index in [1.807, 2.05) is 0 Å². The van der Waals surface area contributed by atoms with Crippen molar-refractivity contribution < 1.29 is 13.2 Å². The zero-order valence-corrected chi connectivity index (χ0v) is 17.7. The first kappa shape index (κ1) is 21.6. The molecule has 1 atom stereocenters. The third-order valence-electron chi connectivity index (χ3n) is 6.13. The summed E-state index contributed by atoms with van der Waals surface area (Å²) < 4.78 is 25.4. The molecule has 0 aromatic carbocycles. The van der Waals surface area contributed by atoms with Crippen LogP contribution in [0.3, 0.4) is 0 Å². The number of nitrogens with zero attached hydrogens (tertiary/aromatic N) is 2. The lowest BCUT2D eigenvalue weighted by Crippen LogP contribution is -2.51. The molecular formula is C19H37N3O3S. The smallest absolute Gasteiger partial charge is 0.223 e. The predicted molar refractivity (Wildman–Crippen MR) is 105 cm³/mol. The Labute approximate surface area is 159 Å². The second-order valence-corrected chi connectivity index (χ2v) is 10.6. The van der Waals surface area contributed by atoms with Crippen LogP contribution in [0, 0.1) is 17.8 Å². The lowest BCUT2D eigenvalue weighted by Gasteiger charge is -2.39. The fraction of sp³-hybridized carbons (Fsp3) is 0.947. The first-order chi connectivity index (χ1) is 12.2. The van der Waals surface area contributed by atoms with Crippen molar-refractivity contribution in [2.75, 3.05) is 38.5 Å². The number of carbonyl (C=O) groups excluding carboxylic acids is 1. The van der Waals surface area contributed by atoms with Gasteiger partial charge < -0.3 is 5.32 Å². The maximum absolute atomic E-state index is 12.6. The van der Waals surface area contributed by atoms with Crippen LogP contribution in [0.25, 0.3) is 0 Å². The summed E-state index contributed by atoms with van der Waals surface area (Å²) in [5, 5.41) is 3.16. The third-order valence-corrected chi connectivity index (χ3v) is 8.01. The van der Waals surface area contributed by atoms with Crippen molar-refractivity contribution in [3.63, 3.8) is 0 Å². The van der Waals surface area contributed by atoms with Gasteiger partial charge in [-0.1, -0.05) is 20.8 Å². The van der Waals surface area contributed by atoms with Gasteiger partial charge in [0.2, 0.25) is 15.9 Å². The van der Waals surface area contributed by atoms with Crippen molar-refractivity contribution in [3.05, 3.63) is 0 Å². The number of hydrogen-bond acceptors (Lipinski definition) is 4. The molecule has 0 aliphatic carbocycles. The monoisotopic (exact) mass is 387 g/mol. The summed E-state index contributed by atoms with van der Waals surface area (Å²) in [6, 6.07) is 0.381. The Morgan fingerprint density at radius 1 is 1.08 bits per heavy atom. The highest BCUT2D eigenvalue weighted by Gasteiger charge is 2.31. The van der Waals surface area contributed by atoms with Gasteiger partial charge in [0.15, 0.2) is 0 Å². The molecule has 2 heterocycles. The highest BCUT2D eigenvalue weighted by molar-refractivity contribution is 7.89. The summed E-state index contributed by atoms with van der Waals surface area (Å²) in [6.45, 7) is 12.3. The molecule has 7 heteroatoms. The van der Waals surface area contributed by atoms with E-state index in [-0.39, 0.29) is 17.6 Å². The summed E-state index contributed by atoms with van der Waals surface area (Å²) in [5.74, 6) is 1.47. The zero-order chi connectivity index (χ0) is 19.3. The van der Waals surface area contributed by atoms with Crippen LogP contribution < -0.4 is 5.32 Å². The number of nitrogens with one attached hydrogen (secondary N) is 1. The van der Waals surface area contributed by atoms with Crippen molar-refractivity contribution >= 4 is 15.9 Å². The van der Waals surface area contributed by atoms with Gasteiger partial charge in [0.05, 0.1) is 5.75 Å². The van der Waals surface area contributed by atoms with Crippen molar-refractivity contribution in [1.82, 2.24) is 14.5 Å². The molecule has 6 nitrogen and oxygen atoms in total. The van der Waals surface area contributed by atoms with Crippen LogP contribution in [0.1, 0.15) is 53.4 Å². The molecule has 2 aliphatic heterocycles. The van der Waals surface area contributed by atoms with Crippen LogP contribution in [0.2, 0.25) is 0 Å². The van der Waals surface area contributed by atoms with Crippen LogP contribution in [0.5, 0.6) is 0 Å². The van der Waals surface area contributed by atoms with E-state index in [1.54, 1.807) is 6.92 Å². The number of carbonyl (C=O) groups is 1. The van der Waals surface area contributed by atoms with Crippen LogP contribution in [0.4, 0.5) is 0 Å². The Morgan fingerprint density at radius 2 is 1.65 bits per heavy atom. The van der Waals surface area contributed by atoms with Gasteiger partial charge in [-0.25, -0.2) is 12.7 Å². The molecule has 0 radical (unpaired) electrons. The molecular weight excluding hydrogens is 350 g/mol. The summed E-state index contributed by atoms with van der Waals surface area (Å²) >= 11 is 0. The number of rotatable bonds is 7. The van der Waals surface area contributed by atoms with E-state index in [0.717, 1.165) is 19.0 Å². The minimum atomic E-state index is -3.13. The normalized spacial score (nSPS) is 23.3. The number of likely N-dealkylation sites (tertiary alicyclic amines) is 1. The molecule has 0 unspecified atom stereocenters. The molecule has 0 bridgehead atoms. The van der Waals surface area contributed by atoms with E-state index in [0.29, 0.717) is 44.4 Å². The largest absolute Gasteiger partial charge is 0.354 e. The van der Waals surface area contributed by atoms with E-state index < -0.39 is 10.0 Å². The molecule has 2 saturated heterocycles. The highest BCUT2D eigenvalue weighted by Crippen LogP contribution is 2.22. The molecule has 0 aromatic heterocycles. The van der Waals surface area contributed by atoms with Crippen molar-refractivity contribution in [3.8, 4) is 0 Å². The van der Waals surface area contributed by atoms with E-state index >= 15 is 0 Å². The first-order valence-electron chi connectivity index (χ1n) is 10.2. The number of hydrogen-bond donors (Lipinski definition) is 1. The predicted octanol–water partition coefficient (Wildman–Crippen LogP) is 1.92. The molecule has 1 N–H and O–H groups in total. The van der Waals surface area contributed by atoms with E-state index in [9.17, 15) is 13.2 Å². The van der Waals surface area contributed by atoms with Gasteiger partial charge in [-0.2, -0.15) is 0 Å². The fourth-order valence-corrected chi connectivity index (χ4v) is 5.21. The van der Waals surface area contributed by atoms with Gasteiger partial charge in [0, 0.05) is 31.6 Å². The second-order valence-electron chi connectivity index (χ2n) is 8.35. The summed E-state index contributed by atoms with van der Waals surface area (Å²) in [5.41, 5.74) is 0. The maximum Gasteiger partial charge on any atom is 0.223 e. The van der Waals surface area contributed by atoms with Gasteiger partial charge in [-0.15, -0.1) is 0 Å². The van der Waals surface area contributed by atoms with Gasteiger partial charge in [-0.05, 0) is 57.5 Å². The van der Waals surface area contributed by atoms with Gasteiger partial charge in [0.1, 0.15) is 0 Å². The topological polar surface area (TPSA) is 69.7 Å². The molecule has 1 amide bonds. The SMILES string of the molecule is CCS(=O)(=O)N1CCC(C(=O)NC[C@H](C(C)C)N2CCC(C)CC2)CC1. The van der Waals surface area contributed by atoms with Gasteiger partial charge in [-0.3, -0.25) is 9.69 Å². The standard InChI is InChI=1S/C19H37N3O3S/c1-5-26(24,25)22-12-8-17(9-13-22)19(23)20-14-18(15(2)3)21-10-6-16(4)7-11-21/h15-18H,5-14H2,1-4H3,(H,20,23)/t18-/m1/s1. The van der Waals surface area contributed by atoms with Crippen LogP contribution >= 0.6 is 0 Å². The van der Waals surface area contributed by atoms with Gasteiger partial charge >= 0.3 is 0 Å². The lowest BCUT2D eigenvalue weighted by molar-refractivity contribution is -0.126. The van der Waals surface area contributed by atoms with Crippen LogP contribution in [-0.4, -0.2) is 68.0 Å². The van der Waals surface area contributed by atoms with Gasteiger partial charge in [0.25, 0.3) is 0 Å². The minimum absolute atomic E-state index is 0.0625. The lowest BCUT2D eigenvalue weighted by atomic mass is 9.93. The molecule has 152 valence electrons. The van der Waals surface area contributed by atoms with Crippen LogP contribution in [-0.2, 0) is 14.8 Å². The zero-order valence-electron chi connectivity index (χ0n) is 16.9. The molecule has 2 rings (SSSR count). The number of piperidine rings is 2. The Bertz CT molecular complexity index is 548. The Kier molecular flexibility index (Phi) is 7.91. The van der Waals surface area contributed by atoms with E-state index in [2.05, 4.69) is 31.0 Å². The second kappa shape index (κ2) is 9.51. The summed E-state index contributed by atoms with van der Waals surface area (Å²) in [6.07, 6.45) is 3.72. The van der Waals surface area contributed by atoms with Crippen LogP contribution in [0.15, 0.2) is 0 Å². The average Bonchev–Trinajstić information content (AvgIpc) is 2.63. The van der Waals surface area contributed by atoms with E-state index in [1.165, 1.54) is 17.1 Å². The van der Waals surface area contributed by atoms with Crippen molar-refractivity contribution in [2.24, 2.45) is 17.8 Å². The molecule has 26 heavy (non-hydrogen) atoms. The fourth-order valence-electron chi connectivity index (χ4n) is 4.07. The minimum Gasteiger partial charge on any atom is -0.354 e. The third kappa shape index (κ3) is 5.67. The maximum atomic E-state index is 12.6. The molecule has 2 aliphatic rings.